The maximum Gasteiger partial charge on any atom is 0.317 e. The first-order valence-electron chi connectivity index (χ1n) is 8.54. The minimum Gasteiger partial charge on any atom is -0.364 e. The third kappa shape index (κ3) is 3.83. The van der Waals surface area contributed by atoms with Gasteiger partial charge in [0.15, 0.2) is 0 Å². The molecule has 2 aliphatic rings. The van der Waals surface area contributed by atoms with E-state index in [1.165, 1.54) is 19.3 Å². The molecule has 1 aliphatic carbocycles. The standard InChI is InChI=1S/C16H25N5O2/c17-15(22)14-9-13(19-20-14)11-5-4-8-21(10-11)16(23)18-12-6-2-1-3-7-12/h9,11-12H,1-8,10H2,(H2,17,22)(H,18,23)(H,19,20)/t11-/m0/s1. The van der Waals surface area contributed by atoms with Crippen molar-refractivity contribution in [3.8, 4) is 0 Å². The van der Waals surface area contributed by atoms with Crippen molar-refractivity contribution in [2.75, 3.05) is 13.1 Å². The molecule has 0 bridgehead atoms. The van der Waals surface area contributed by atoms with E-state index in [4.69, 9.17) is 5.73 Å². The van der Waals surface area contributed by atoms with E-state index in [0.717, 1.165) is 37.9 Å². The maximum atomic E-state index is 12.5. The zero-order valence-electron chi connectivity index (χ0n) is 13.4. The normalized spacial score (nSPS) is 22.8. The Balaban J connectivity index is 1.58. The van der Waals surface area contributed by atoms with Gasteiger partial charge >= 0.3 is 6.03 Å². The molecule has 1 saturated carbocycles. The number of amides is 3. The predicted octanol–water partition coefficient (Wildman–Crippen LogP) is 1.73. The number of H-pyrrole nitrogens is 1. The van der Waals surface area contributed by atoms with Crippen LogP contribution in [0.4, 0.5) is 4.79 Å². The molecule has 2 fully saturated rings. The van der Waals surface area contributed by atoms with Gasteiger partial charge in [-0.1, -0.05) is 19.3 Å². The van der Waals surface area contributed by atoms with Crippen LogP contribution in [0.5, 0.6) is 0 Å². The fraction of sp³-hybridized carbons (Fsp3) is 0.688. The number of carbonyl (C=O) groups is 2. The van der Waals surface area contributed by atoms with Gasteiger partial charge in [-0.25, -0.2) is 4.79 Å². The number of carbonyl (C=O) groups excluding carboxylic acids is 2. The molecule has 1 aromatic rings. The van der Waals surface area contributed by atoms with Crippen molar-refractivity contribution in [3.63, 3.8) is 0 Å². The fourth-order valence-electron chi connectivity index (χ4n) is 3.60. The Morgan fingerprint density at radius 3 is 2.70 bits per heavy atom. The number of aromatic nitrogens is 2. The molecule has 3 rings (SSSR count). The highest BCUT2D eigenvalue weighted by atomic mass is 16.2. The van der Waals surface area contributed by atoms with E-state index < -0.39 is 5.91 Å². The lowest BCUT2D eigenvalue weighted by atomic mass is 9.94. The molecule has 0 unspecified atom stereocenters. The lowest BCUT2D eigenvalue weighted by molar-refractivity contribution is 0.0995. The lowest BCUT2D eigenvalue weighted by Gasteiger charge is -2.34. The van der Waals surface area contributed by atoms with Crippen LogP contribution in [0.3, 0.4) is 0 Å². The molecule has 126 valence electrons. The highest BCUT2D eigenvalue weighted by molar-refractivity contribution is 5.90. The number of hydrogen-bond donors (Lipinski definition) is 3. The molecule has 4 N–H and O–H groups in total. The second-order valence-electron chi connectivity index (χ2n) is 6.64. The van der Waals surface area contributed by atoms with Gasteiger partial charge in [-0.3, -0.25) is 9.89 Å². The van der Waals surface area contributed by atoms with Crippen LogP contribution in [0, 0.1) is 0 Å². The first kappa shape index (κ1) is 15.8. The van der Waals surface area contributed by atoms with Gasteiger partial charge in [0.2, 0.25) is 0 Å². The average Bonchev–Trinajstić information content (AvgIpc) is 3.06. The van der Waals surface area contributed by atoms with Crippen molar-refractivity contribution in [2.24, 2.45) is 5.73 Å². The Kier molecular flexibility index (Phi) is 4.83. The van der Waals surface area contributed by atoms with E-state index in [2.05, 4.69) is 15.5 Å². The highest BCUT2D eigenvalue weighted by Gasteiger charge is 2.27. The number of likely N-dealkylation sites (tertiary alicyclic amines) is 1. The second kappa shape index (κ2) is 7.02. The number of nitrogens with two attached hydrogens (primary N) is 1. The topological polar surface area (TPSA) is 104 Å². The van der Waals surface area contributed by atoms with E-state index in [1.54, 1.807) is 6.07 Å². The Morgan fingerprint density at radius 1 is 1.22 bits per heavy atom. The van der Waals surface area contributed by atoms with Crippen LogP contribution in [0.2, 0.25) is 0 Å². The predicted molar refractivity (Wildman–Crippen MR) is 86.1 cm³/mol. The van der Waals surface area contributed by atoms with Crippen LogP contribution >= 0.6 is 0 Å². The van der Waals surface area contributed by atoms with Crippen LogP contribution in [0.1, 0.15) is 67.0 Å². The summed E-state index contributed by atoms with van der Waals surface area (Å²) >= 11 is 0. The smallest absolute Gasteiger partial charge is 0.317 e. The van der Waals surface area contributed by atoms with Gasteiger partial charge in [-0.05, 0) is 31.7 Å². The molecule has 1 aliphatic heterocycles. The van der Waals surface area contributed by atoms with Crippen molar-refractivity contribution >= 4 is 11.9 Å². The molecule has 1 atom stereocenters. The number of urea groups is 1. The molecule has 7 nitrogen and oxygen atoms in total. The molecule has 7 heteroatoms. The molecule has 23 heavy (non-hydrogen) atoms. The largest absolute Gasteiger partial charge is 0.364 e. The fourth-order valence-corrected chi connectivity index (χ4v) is 3.60. The first-order chi connectivity index (χ1) is 11.1. The molecule has 0 spiro atoms. The molecular formula is C16H25N5O2. The molecule has 0 radical (unpaired) electrons. The van der Waals surface area contributed by atoms with Crippen LogP contribution in [0.25, 0.3) is 0 Å². The molecule has 0 aromatic carbocycles. The molecular weight excluding hydrogens is 294 g/mol. The summed E-state index contributed by atoms with van der Waals surface area (Å²) in [5, 5.41) is 10.00. The molecule has 2 heterocycles. The van der Waals surface area contributed by atoms with Crippen molar-refractivity contribution < 1.29 is 9.59 Å². The Hall–Kier alpha value is -2.05. The number of nitrogens with zero attached hydrogens (tertiary/aromatic N) is 2. The number of hydrogen-bond acceptors (Lipinski definition) is 3. The Morgan fingerprint density at radius 2 is 2.00 bits per heavy atom. The minimum atomic E-state index is -0.532. The van der Waals surface area contributed by atoms with Gasteiger partial charge < -0.3 is 16.0 Å². The monoisotopic (exact) mass is 319 g/mol. The van der Waals surface area contributed by atoms with E-state index in [1.807, 2.05) is 4.90 Å². The van der Waals surface area contributed by atoms with E-state index >= 15 is 0 Å². The SMILES string of the molecule is NC(=O)c1cc([C@H]2CCCN(C(=O)NC3CCCCC3)C2)[nH]n1. The average molecular weight is 319 g/mol. The summed E-state index contributed by atoms with van der Waals surface area (Å²) in [7, 11) is 0. The molecule has 1 saturated heterocycles. The Bertz CT molecular complexity index is 565. The third-order valence-electron chi connectivity index (χ3n) is 4.93. The second-order valence-corrected chi connectivity index (χ2v) is 6.64. The van der Waals surface area contributed by atoms with Crippen LogP contribution in [-0.4, -0.2) is 46.2 Å². The summed E-state index contributed by atoms with van der Waals surface area (Å²) in [6.45, 7) is 1.44. The van der Waals surface area contributed by atoms with Gasteiger partial charge in [-0.15, -0.1) is 0 Å². The van der Waals surface area contributed by atoms with E-state index in [9.17, 15) is 9.59 Å². The zero-order valence-corrected chi connectivity index (χ0v) is 13.4. The number of rotatable bonds is 3. The summed E-state index contributed by atoms with van der Waals surface area (Å²) in [4.78, 5) is 25.5. The van der Waals surface area contributed by atoms with Gasteiger partial charge in [-0.2, -0.15) is 5.10 Å². The number of nitrogens with one attached hydrogen (secondary N) is 2. The van der Waals surface area contributed by atoms with E-state index in [-0.39, 0.29) is 17.6 Å². The van der Waals surface area contributed by atoms with Crippen molar-refractivity contribution in [2.45, 2.75) is 56.9 Å². The van der Waals surface area contributed by atoms with Crippen molar-refractivity contribution in [3.05, 3.63) is 17.5 Å². The summed E-state index contributed by atoms with van der Waals surface area (Å²) < 4.78 is 0. The minimum absolute atomic E-state index is 0.0382. The van der Waals surface area contributed by atoms with Gasteiger partial charge in [0.1, 0.15) is 5.69 Å². The first-order valence-corrected chi connectivity index (χ1v) is 8.54. The van der Waals surface area contributed by atoms with Gasteiger partial charge in [0.05, 0.1) is 0 Å². The van der Waals surface area contributed by atoms with Gasteiger partial charge in [0, 0.05) is 30.7 Å². The maximum absolute atomic E-state index is 12.5. The van der Waals surface area contributed by atoms with Crippen LogP contribution in [-0.2, 0) is 0 Å². The number of piperidine rings is 1. The van der Waals surface area contributed by atoms with E-state index in [0.29, 0.717) is 12.6 Å². The highest BCUT2D eigenvalue weighted by Crippen LogP contribution is 2.26. The summed E-state index contributed by atoms with van der Waals surface area (Å²) in [6, 6.07) is 2.07. The summed E-state index contributed by atoms with van der Waals surface area (Å²) in [6.07, 6.45) is 7.80. The quantitative estimate of drug-likeness (QED) is 0.790. The number of aromatic amines is 1. The van der Waals surface area contributed by atoms with Crippen molar-refractivity contribution in [1.29, 1.82) is 0 Å². The number of primary amides is 1. The molecule has 1 aromatic heterocycles. The van der Waals surface area contributed by atoms with Gasteiger partial charge in [0.25, 0.3) is 5.91 Å². The molecule has 3 amide bonds. The summed E-state index contributed by atoms with van der Waals surface area (Å²) in [5.74, 6) is -0.350. The summed E-state index contributed by atoms with van der Waals surface area (Å²) in [5.41, 5.74) is 6.38. The lowest BCUT2D eigenvalue weighted by Crippen LogP contribution is -2.48. The van der Waals surface area contributed by atoms with Crippen LogP contribution < -0.4 is 11.1 Å². The Labute approximate surface area is 136 Å². The zero-order chi connectivity index (χ0) is 16.2. The van der Waals surface area contributed by atoms with Crippen LogP contribution in [0.15, 0.2) is 6.07 Å². The third-order valence-corrected chi connectivity index (χ3v) is 4.93. The van der Waals surface area contributed by atoms with Crippen molar-refractivity contribution in [1.82, 2.24) is 20.4 Å².